The number of anilines is 2. The molecule has 0 bridgehead atoms. The number of aliphatic imine (C=N–C) groups is 1. The summed E-state index contributed by atoms with van der Waals surface area (Å²) in [6.45, 7) is 0.812. The van der Waals surface area contributed by atoms with Gasteiger partial charge in [-0.05, 0) is 36.6 Å². The molecule has 0 spiro atoms. The fourth-order valence-corrected chi connectivity index (χ4v) is 4.59. The molecule has 0 N–H and O–H groups in total. The number of benzene rings is 1. The van der Waals surface area contributed by atoms with Crippen molar-refractivity contribution >= 4 is 34.4 Å². The molecule has 0 saturated heterocycles. The third kappa shape index (κ3) is 3.40. The van der Waals surface area contributed by atoms with Crippen LogP contribution in [0.1, 0.15) is 24.0 Å². The van der Waals surface area contributed by atoms with Crippen molar-refractivity contribution in [3.05, 3.63) is 90.9 Å². The average molecular weight is 483 g/mol. The fraction of sp³-hybridized carbons (Fsp3) is 0.148. The summed E-state index contributed by atoms with van der Waals surface area (Å²) in [5.74, 6) is 2.06. The van der Waals surface area contributed by atoms with Gasteiger partial charge in [-0.3, -0.25) is 4.98 Å². The molecule has 166 valence electrons. The third-order valence-corrected chi connectivity index (χ3v) is 6.25. The first-order valence-corrected chi connectivity index (χ1v) is 10.8. The van der Waals surface area contributed by atoms with E-state index in [9.17, 15) is 0 Å². The van der Waals surface area contributed by atoms with E-state index < -0.39 is 0 Å². The van der Waals surface area contributed by atoms with Crippen LogP contribution >= 0.6 is 0 Å². The molecule has 0 radical (unpaired) electrons. The van der Waals surface area contributed by atoms with Crippen molar-refractivity contribution in [2.75, 3.05) is 11.9 Å². The predicted molar refractivity (Wildman–Crippen MR) is 132 cm³/mol. The van der Waals surface area contributed by atoms with Crippen LogP contribution in [0, 0.1) is 13.5 Å². The summed E-state index contributed by atoms with van der Waals surface area (Å²) >= 11 is 0. The SMILES string of the molecule is CN1Cc2cnc3ccc(-c4cnc5c(c4)C=N5)nc3c2N(c2c[c-]ccc2)C1=C1CC1.[CH3-].[Cr+2]. The number of aromatic nitrogens is 3. The molecule has 34 heavy (non-hydrogen) atoms. The first kappa shape index (κ1) is 22.3. The smallest absolute Gasteiger partial charge is 0.358 e. The zero-order valence-corrected chi connectivity index (χ0v) is 20.3. The van der Waals surface area contributed by atoms with Crippen LogP contribution < -0.4 is 4.90 Å². The molecule has 3 aliphatic rings. The first-order chi connectivity index (χ1) is 15.8. The minimum atomic E-state index is 0. The zero-order valence-electron chi connectivity index (χ0n) is 19.0. The molecule has 0 atom stereocenters. The summed E-state index contributed by atoms with van der Waals surface area (Å²) in [5, 5.41) is 0. The molecule has 0 amide bonds. The molecular weight excluding hydrogens is 460 g/mol. The van der Waals surface area contributed by atoms with Crippen LogP contribution in [0.3, 0.4) is 0 Å². The van der Waals surface area contributed by atoms with E-state index in [1.165, 1.54) is 17.0 Å². The van der Waals surface area contributed by atoms with Crippen LogP contribution in [0.2, 0.25) is 0 Å². The van der Waals surface area contributed by atoms with Gasteiger partial charge in [0.1, 0.15) is 11.3 Å². The van der Waals surface area contributed by atoms with E-state index in [-0.39, 0.29) is 24.8 Å². The van der Waals surface area contributed by atoms with E-state index in [0.717, 1.165) is 64.4 Å². The quantitative estimate of drug-likeness (QED) is 0.307. The molecule has 7 heteroatoms. The maximum atomic E-state index is 5.13. The van der Waals surface area contributed by atoms with Gasteiger partial charge in [-0.2, -0.15) is 24.3 Å². The maximum absolute atomic E-state index is 5.13. The summed E-state index contributed by atoms with van der Waals surface area (Å²) in [5.41, 5.74) is 9.59. The minimum absolute atomic E-state index is 0. The van der Waals surface area contributed by atoms with E-state index in [0.29, 0.717) is 0 Å². The number of fused-ring (bicyclic) bond motifs is 4. The van der Waals surface area contributed by atoms with Gasteiger partial charge in [0.25, 0.3) is 0 Å². The van der Waals surface area contributed by atoms with Crippen LogP contribution in [0.25, 0.3) is 22.3 Å². The Morgan fingerprint density at radius 2 is 1.94 bits per heavy atom. The van der Waals surface area contributed by atoms with E-state index >= 15 is 0 Å². The Balaban J connectivity index is 0.00000120. The van der Waals surface area contributed by atoms with Crippen molar-refractivity contribution < 1.29 is 17.4 Å². The van der Waals surface area contributed by atoms with Gasteiger partial charge in [-0.25, -0.2) is 15.0 Å². The number of hydrogen-bond donors (Lipinski definition) is 0. The fourth-order valence-electron chi connectivity index (χ4n) is 4.59. The van der Waals surface area contributed by atoms with Crippen LogP contribution in [0.5, 0.6) is 0 Å². The van der Waals surface area contributed by atoms with E-state index in [1.54, 1.807) is 0 Å². The Hall–Kier alpha value is -3.53. The summed E-state index contributed by atoms with van der Waals surface area (Å²) in [6.07, 6.45) is 7.97. The summed E-state index contributed by atoms with van der Waals surface area (Å²) in [4.78, 5) is 23.2. The van der Waals surface area contributed by atoms with Crippen molar-refractivity contribution in [2.45, 2.75) is 19.4 Å². The molecule has 0 unspecified atom stereocenters. The van der Waals surface area contributed by atoms with Crippen molar-refractivity contribution in [1.29, 1.82) is 0 Å². The van der Waals surface area contributed by atoms with Gasteiger partial charge in [0.05, 0.1) is 16.9 Å². The molecular formula is C27H22CrN6. The largest absolute Gasteiger partial charge is 2.00 e. The van der Waals surface area contributed by atoms with E-state index in [1.807, 2.05) is 42.9 Å². The van der Waals surface area contributed by atoms with E-state index in [2.05, 4.69) is 51.1 Å². The molecule has 7 rings (SSSR count). The molecule has 2 aliphatic heterocycles. The molecule has 4 aromatic rings. The van der Waals surface area contributed by atoms with Gasteiger partial charge in [-0.15, -0.1) is 6.07 Å². The Morgan fingerprint density at radius 1 is 1.06 bits per heavy atom. The maximum Gasteiger partial charge on any atom is 2.00 e. The van der Waals surface area contributed by atoms with Crippen LogP contribution in [0.4, 0.5) is 17.2 Å². The zero-order chi connectivity index (χ0) is 21.2. The molecule has 5 heterocycles. The number of rotatable bonds is 2. The Morgan fingerprint density at radius 3 is 2.65 bits per heavy atom. The van der Waals surface area contributed by atoms with Gasteiger partial charge >= 0.3 is 17.4 Å². The van der Waals surface area contributed by atoms with Gasteiger partial charge in [0, 0.05) is 48.9 Å². The Labute approximate surface area is 209 Å². The summed E-state index contributed by atoms with van der Waals surface area (Å²) in [6, 6.07) is 17.6. The monoisotopic (exact) mass is 482 g/mol. The second-order valence-corrected chi connectivity index (χ2v) is 8.47. The standard InChI is InChI=1S/C26H19N6.CH3.Cr/c1-31-15-19-14-27-22-10-9-21(17-11-18-13-29-25(18)28-12-17)30-23(22)24(19)32(26(31)16-7-8-16)20-5-3-2-4-6-20;;/h2-3,5-6,9-14H,7-8,15H2,1H3;1H3;/q2*-1;+2. The summed E-state index contributed by atoms with van der Waals surface area (Å²) in [7, 11) is 2.16. The predicted octanol–water partition coefficient (Wildman–Crippen LogP) is 5.59. The molecule has 1 aliphatic carbocycles. The van der Waals surface area contributed by atoms with Crippen LogP contribution in [0.15, 0.2) is 71.2 Å². The van der Waals surface area contributed by atoms with Gasteiger partial charge < -0.3 is 17.2 Å². The number of hydrogen-bond acceptors (Lipinski definition) is 6. The third-order valence-electron chi connectivity index (χ3n) is 6.25. The normalized spacial score (nSPS) is 15.2. The molecule has 6 nitrogen and oxygen atoms in total. The van der Waals surface area contributed by atoms with Crippen molar-refractivity contribution in [1.82, 2.24) is 19.9 Å². The Bertz CT molecular complexity index is 1470. The minimum Gasteiger partial charge on any atom is -0.358 e. The molecule has 1 saturated carbocycles. The molecule has 3 aromatic heterocycles. The molecule has 1 fully saturated rings. The van der Waals surface area contributed by atoms with Crippen molar-refractivity contribution in [3.8, 4) is 11.3 Å². The number of pyridine rings is 3. The van der Waals surface area contributed by atoms with Crippen molar-refractivity contribution in [3.63, 3.8) is 0 Å². The van der Waals surface area contributed by atoms with Gasteiger partial charge in [0.15, 0.2) is 5.82 Å². The molecule has 1 aromatic carbocycles. The van der Waals surface area contributed by atoms with E-state index in [4.69, 9.17) is 9.97 Å². The number of allylic oxidation sites excluding steroid dienone is 1. The van der Waals surface area contributed by atoms with Crippen LogP contribution in [-0.4, -0.2) is 33.1 Å². The average Bonchev–Trinajstić information content (AvgIpc) is 3.64. The second-order valence-electron chi connectivity index (χ2n) is 8.47. The topological polar surface area (TPSA) is 57.5 Å². The van der Waals surface area contributed by atoms with Crippen molar-refractivity contribution in [2.24, 2.45) is 4.99 Å². The first-order valence-electron chi connectivity index (χ1n) is 10.8. The summed E-state index contributed by atoms with van der Waals surface area (Å²) < 4.78 is 0. The van der Waals surface area contributed by atoms with Gasteiger partial charge in [-0.1, -0.05) is 5.69 Å². The Kier molecular flexibility index (Phi) is 5.47. The number of nitrogens with zero attached hydrogens (tertiary/aromatic N) is 6. The van der Waals surface area contributed by atoms with Gasteiger partial charge in [0.2, 0.25) is 0 Å². The second kappa shape index (κ2) is 8.36. The van der Waals surface area contributed by atoms with Crippen LogP contribution in [-0.2, 0) is 23.9 Å².